The molecule has 0 aliphatic carbocycles. The number of tetrazole rings is 1. The van der Waals surface area contributed by atoms with E-state index in [1.165, 1.54) is 0 Å². The Balaban J connectivity index is 3.07. The summed E-state index contributed by atoms with van der Waals surface area (Å²) < 4.78 is 3.48. The number of thioether (sulfide) groups is 1. The van der Waals surface area contributed by atoms with Crippen LogP contribution in [-0.2, 0) is 14.1 Å². The Kier molecular flexibility index (Phi) is 1.70. The molecule has 1 aromatic heterocycles. The van der Waals surface area contributed by atoms with Crippen LogP contribution in [0.3, 0.4) is 0 Å². The molecule has 0 bridgehead atoms. The van der Waals surface area contributed by atoms with Crippen molar-refractivity contribution >= 4 is 11.8 Å². The molecule has 0 atom stereocenters. The summed E-state index contributed by atoms with van der Waals surface area (Å²) in [6, 6.07) is 0. The highest BCUT2D eigenvalue weighted by molar-refractivity contribution is 7.98. The molecule has 9 heavy (non-hydrogen) atoms. The summed E-state index contributed by atoms with van der Waals surface area (Å²) in [6.07, 6.45) is 2.00. The van der Waals surface area contributed by atoms with Crippen LogP contribution in [0.25, 0.3) is 0 Å². The molecule has 0 N–H and O–H groups in total. The molecule has 0 aliphatic rings. The molecule has 0 fully saturated rings. The Morgan fingerprint density at radius 2 is 2.33 bits per heavy atom. The molecule has 0 aromatic carbocycles. The molecule has 0 unspecified atom stereocenters. The number of hydrogen-bond acceptors (Lipinski definition) is 3. The Labute approximate surface area is 57.8 Å². The van der Waals surface area contributed by atoms with Crippen LogP contribution in [0.5, 0.6) is 0 Å². The zero-order valence-electron chi connectivity index (χ0n) is 5.70. The van der Waals surface area contributed by atoms with Crippen molar-refractivity contribution in [1.29, 1.82) is 0 Å². The predicted molar refractivity (Wildman–Crippen MR) is 34.0 cm³/mol. The maximum atomic E-state index is 3.80. The molecule has 5 heteroatoms. The summed E-state index contributed by atoms with van der Waals surface area (Å²) in [4.78, 5) is 0. The molecule has 0 aliphatic heterocycles. The van der Waals surface area contributed by atoms with Gasteiger partial charge < -0.3 is 0 Å². The topological polar surface area (TPSA) is 34.6 Å². The average molecular weight is 145 g/mol. The van der Waals surface area contributed by atoms with Gasteiger partial charge in [0.2, 0.25) is 0 Å². The fourth-order valence-electron chi connectivity index (χ4n) is 0.670. The minimum absolute atomic E-state index is 1.05. The van der Waals surface area contributed by atoms with E-state index in [0.29, 0.717) is 0 Å². The van der Waals surface area contributed by atoms with E-state index in [1.807, 2.05) is 20.4 Å². The van der Waals surface area contributed by atoms with Gasteiger partial charge in [0.25, 0.3) is 0 Å². The third kappa shape index (κ3) is 1.05. The molecule has 1 aromatic rings. The molecule has 0 saturated carbocycles. The van der Waals surface area contributed by atoms with Gasteiger partial charge in [-0.1, -0.05) is 16.4 Å². The first kappa shape index (κ1) is 6.54. The second kappa shape index (κ2) is 2.34. The smallest absolute Gasteiger partial charge is 0.131 e. The van der Waals surface area contributed by atoms with Gasteiger partial charge in [-0.2, -0.15) is 0 Å². The van der Waals surface area contributed by atoms with Gasteiger partial charge in [-0.15, -0.1) is 4.68 Å². The van der Waals surface area contributed by atoms with E-state index in [0.717, 1.165) is 5.16 Å². The van der Waals surface area contributed by atoms with Crippen molar-refractivity contribution in [2.45, 2.75) is 5.16 Å². The largest absolute Gasteiger partial charge is 0.316 e. The van der Waals surface area contributed by atoms with Crippen LogP contribution in [0.4, 0.5) is 0 Å². The molecule has 1 heterocycles. The number of aryl methyl sites for hydroxylation is 2. The maximum absolute atomic E-state index is 3.80. The summed E-state index contributed by atoms with van der Waals surface area (Å²) >= 11 is 1.63. The monoisotopic (exact) mass is 145 g/mol. The summed E-state index contributed by atoms with van der Waals surface area (Å²) in [5.41, 5.74) is 0. The van der Waals surface area contributed by atoms with E-state index in [4.69, 9.17) is 0 Å². The van der Waals surface area contributed by atoms with Gasteiger partial charge in [0.1, 0.15) is 5.21 Å². The van der Waals surface area contributed by atoms with Crippen LogP contribution in [0.1, 0.15) is 0 Å². The van der Waals surface area contributed by atoms with Crippen LogP contribution >= 0.6 is 11.8 Å². The first-order chi connectivity index (χ1) is 4.25. The highest BCUT2D eigenvalue weighted by Crippen LogP contribution is 2.03. The van der Waals surface area contributed by atoms with Gasteiger partial charge in [0, 0.05) is 0 Å². The fraction of sp³-hybridized carbons (Fsp3) is 0.750. The lowest BCUT2D eigenvalue weighted by atomic mass is 11.1. The lowest BCUT2D eigenvalue weighted by Crippen LogP contribution is -2.32. The quantitative estimate of drug-likeness (QED) is 0.389. The molecule has 0 saturated heterocycles. The Morgan fingerprint density at radius 3 is 2.56 bits per heavy atom. The summed E-state index contributed by atoms with van der Waals surface area (Å²) in [6.45, 7) is 0. The molecule has 0 spiro atoms. The molecular formula is C4H9N4S+. The van der Waals surface area contributed by atoms with Gasteiger partial charge in [-0.25, -0.2) is 0 Å². The molecule has 4 nitrogen and oxygen atoms in total. The first-order valence-electron chi connectivity index (χ1n) is 2.55. The highest BCUT2D eigenvalue weighted by Gasteiger charge is 2.10. The van der Waals surface area contributed by atoms with Crippen molar-refractivity contribution in [3.8, 4) is 0 Å². The van der Waals surface area contributed by atoms with E-state index >= 15 is 0 Å². The van der Waals surface area contributed by atoms with Gasteiger partial charge >= 0.3 is 5.16 Å². The maximum Gasteiger partial charge on any atom is 0.316 e. The van der Waals surface area contributed by atoms with Crippen molar-refractivity contribution in [3.05, 3.63) is 0 Å². The lowest BCUT2D eigenvalue weighted by molar-refractivity contribution is -0.766. The molecular weight excluding hydrogens is 136 g/mol. The highest BCUT2D eigenvalue weighted by atomic mass is 32.2. The van der Waals surface area contributed by atoms with E-state index in [-0.39, 0.29) is 0 Å². The summed E-state index contributed by atoms with van der Waals surface area (Å²) in [5, 5.41) is 8.64. The first-order valence-corrected chi connectivity index (χ1v) is 3.78. The van der Waals surface area contributed by atoms with E-state index < -0.39 is 0 Å². The van der Waals surface area contributed by atoms with Crippen molar-refractivity contribution in [2.75, 3.05) is 6.26 Å². The van der Waals surface area contributed by atoms with Crippen LogP contribution in [0.2, 0.25) is 0 Å². The standard InChI is InChI=1S/C4H9N4S/c1-7-4(9-3)8(2)6-5-7/h1-3H3/q+1. The average Bonchev–Trinajstić information content (AvgIpc) is 2.12. The fourth-order valence-corrected chi connectivity index (χ4v) is 1.27. The summed E-state index contributed by atoms with van der Waals surface area (Å²) in [5.74, 6) is 0. The number of rotatable bonds is 1. The van der Waals surface area contributed by atoms with Crippen molar-refractivity contribution in [3.63, 3.8) is 0 Å². The Morgan fingerprint density at radius 1 is 1.67 bits per heavy atom. The number of nitrogens with zero attached hydrogens (tertiary/aromatic N) is 4. The van der Waals surface area contributed by atoms with Crippen LogP contribution in [0.15, 0.2) is 5.16 Å². The van der Waals surface area contributed by atoms with Crippen LogP contribution in [-0.4, -0.2) is 21.4 Å². The third-order valence-electron chi connectivity index (χ3n) is 1.04. The SMILES string of the molecule is CSc1n(C)nn[n+]1C. The Bertz CT molecular complexity index is 187. The van der Waals surface area contributed by atoms with Gasteiger partial charge in [-0.05, 0) is 6.26 Å². The number of aromatic nitrogens is 4. The molecule has 0 radical (unpaired) electrons. The molecule has 0 amide bonds. The van der Waals surface area contributed by atoms with Crippen molar-refractivity contribution in [2.24, 2.45) is 14.1 Å². The minimum atomic E-state index is 1.05. The zero-order valence-corrected chi connectivity index (χ0v) is 6.51. The van der Waals surface area contributed by atoms with Gasteiger partial charge in [-0.3, -0.25) is 0 Å². The van der Waals surface area contributed by atoms with Gasteiger partial charge in [0.15, 0.2) is 5.21 Å². The van der Waals surface area contributed by atoms with E-state index in [9.17, 15) is 0 Å². The molecule has 1 rings (SSSR count). The summed E-state index contributed by atoms with van der Waals surface area (Å²) in [7, 11) is 3.75. The zero-order chi connectivity index (χ0) is 6.85. The van der Waals surface area contributed by atoms with Crippen LogP contribution in [0, 0.1) is 0 Å². The predicted octanol–water partition coefficient (Wildman–Crippen LogP) is -0.639. The Hall–Kier alpha value is -0.580. The minimum Gasteiger partial charge on any atom is -0.131 e. The second-order valence-corrected chi connectivity index (χ2v) is 2.49. The van der Waals surface area contributed by atoms with E-state index in [1.54, 1.807) is 21.1 Å². The van der Waals surface area contributed by atoms with E-state index in [2.05, 4.69) is 10.4 Å². The van der Waals surface area contributed by atoms with Crippen LogP contribution < -0.4 is 4.68 Å². The third-order valence-corrected chi connectivity index (χ3v) is 1.94. The van der Waals surface area contributed by atoms with Gasteiger partial charge in [0.05, 0.1) is 14.1 Å². The molecule has 50 valence electrons. The lowest BCUT2D eigenvalue weighted by Gasteiger charge is -1.84. The van der Waals surface area contributed by atoms with Crippen molar-refractivity contribution < 1.29 is 4.68 Å². The van der Waals surface area contributed by atoms with Crippen molar-refractivity contribution in [1.82, 2.24) is 15.1 Å². The second-order valence-electron chi connectivity index (χ2n) is 1.71. The number of hydrogen-bond donors (Lipinski definition) is 0. The normalized spacial score (nSPS) is 10.1.